The summed E-state index contributed by atoms with van der Waals surface area (Å²) < 4.78 is 5.56. The lowest BCUT2D eigenvalue weighted by molar-refractivity contribution is -0.127. The van der Waals surface area contributed by atoms with Gasteiger partial charge in [0.2, 0.25) is 6.10 Å². The van der Waals surface area contributed by atoms with Crippen LogP contribution in [0.25, 0.3) is 0 Å². The van der Waals surface area contributed by atoms with Crippen molar-refractivity contribution in [3.8, 4) is 5.75 Å². The Morgan fingerprint density at radius 1 is 1.47 bits per heavy atom. The van der Waals surface area contributed by atoms with Gasteiger partial charge in [0.15, 0.2) is 0 Å². The van der Waals surface area contributed by atoms with E-state index in [1.165, 1.54) is 0 Å². The second-order valence-corrected chi connectivity index (χ2v) is 3.58. The van der Waals surface area contributed by atoms with E-state index in [-0.39, 0.29) is 12.5 Å². The molecule has 80 valence electrons. The van der Waals surface area contributed by atoms with E-state index in [1.54, 1.807) is 0 Å². The lowest BCUT2D eigenvalue weighted by Gasteiger charge is -2.13. The van der Waals surface area contributed by atoms with E-state index in [2.05, 4.69) is 5.48 Å². The molecule has 1 aliphatic rings. The molecule has 0 bridgehead atoms. The van der Waals surface area contributed by atoms with Crippen molar-refractivity contribution in [3.05, 3.63) is 29.3 Å². The Balaban J connectivity index is 2.17. The molecule has 1 aliphatic heterocycles. The molecule has 0 spiro atoms. The molecule has 1 amide bonds. The van der Waals surface area contributed by atoms with Crippen molar-refractivity contribution in [2.45, 2.75) is 20.0 Å². The van der Waals surface area contributed by atoms with Crippen molar-refractivity contribution in [2.75, 3.05) is 6.61 Å². The van der Waals surface area contributed by atoms with Crippen LogP contribution in [0.2, 0.25) is 0 Å². The third-order valence-corrected chi connectivity index (χ3v) is 2.52. The summed E-state index contributed by atoms with van der Waals surface area (Å²) in [5, 5.41) is 0. The van der Waals surface area contributed by atoms with Crippen LogP contribution in [0, 0.1) is 13.8 Å². The Hall–Kier alpha value is -1.55. The highest BCUT2D eigenvalue weighted by Crippen LogP contribution is 2.22. The number of rotatable bonds is 2. The van der Waals surface area contributed by atoms with Gasteiger partial charge in [-0.3, -0.25) is 9.63 Å². The van der Waals surface area contributed by atoms with Gasteiger partial charge >= 0.3 is 0 Å². The summed E-state index contributed by atoms with van der Waals surface area (Å²) in [6.07, 6.45) is -0.537. The van der Waals surface area contributed by atoms with Gasteiger partial charge in [0.1, 0.15) is 12.4 Å². The SMILES string of the molecule is Cc1cccc(OC2CONC2=O)c1C. The molecular formula is C11H13NO3. The summed E-state index contributed by atoms with van der Waals surface area (Å²) in [4.78, 5) is 16.0. The molecule has 1 N–H and O–H groups in total. The summed E-state index contributed by atoms with van der Waals surface area (Å²) in [6, 6.07) is 5.77. The topological polar surface area (TPSA) is 47.6 Å². The Labute approximate surface area is 88.1 Å². The lowest BCUT2D eigenvalue weighted by atomic mass is 10.1. The average molecular weight is 207 g/mol. The van der Waals surface area contributed by atoms with Crippen molar-refractivity contribution in [1.29, 1.82) is 0 Å². The number of hydrogen-bond acceptors (Lipinski definition) is 3. The fraction of sp³-hybridized carbons (Fsp3) is 0.364. The van der Waals surface area contributed by atoms with Crippen molar-refractivity contribution in [2.24, 2.45) is 0 Å². The zero-order valence-electron chi connectivity index (χ0n) is 8.74. The van der Waals surface area contributed by atoms with E-state index in [4.69, 9.17) is 9.57 Å². The number of hydroxylamine groups is 1. The third kappa shape index (κ3) is 1.94. The standard InChI is InChI=1S/C11H13NO3/c1-7-4-3-5-9(8(7)2)15-10-6-14-12-11(10)13/h3-5,10H,6H2,1-2H3,(H,12,13). The van der Waals surface area contributed by atoms with Crippen molar-refractivity contribution < 1.29 is 14.4 Å². The zero-order chi connectivity index (χ0) is 10.8. The second-order valence-electron chi connectivity index (χ2n) is 3.58. The van der Waals surface area contributed by atoms with Gasteiger partial charge in [0.05, 0.1) is 0 Å². The lowest BCUT2D eigenvalue weighted by Crippen LogP contribution is -2.29. The number of ether oxygens (including phenoxy) is 1. The monoisotopic (exact) mass is 207 g/mol. The molecule has 2 rings (SSSR count). The second kappa shape index (κ2) is 3.90. The van der Waals surface area contributed by atoms with E-state index in [0.717, 1.165) is 16.9 Å². The minimum atomic E-state index is -0.537. The predicted octanol–water partition coefficient (Wildman–Crippen LogP) is 1.11. The molecule has 0 saturated carbocycles. The Morgan fingerprint density at radius 3 is 2.93 bits per heavy atom. The van der Waals surface area contributed by atoms with Crippen LogP contribution in [-0.4, -0.2) is 18.6 Å². The number of hydrogen-bond donors (Lipinski definition) is 1. The smallest absolute Gasteiger partial charge is 0.287 e. The molecule has 4 heteroatoms. The van der Waals surface area contributed by atoms with Crippen LogP contribution in [0.3, 0.4) is 0 Å². The molecule has 15 heavy (non-hydrogen) atoms. The Bertz CT molecular complexity index is 389. The third-order valence-electron chi connectivity index (χ3n) is 2.52. The van der Waals surface area contributed by atoms with Crippen LogP contribution in [-0.2, 0) is 9.63 Å². The first-order chi connectivity index (χ1) is 7.18. The molecule has 1 saturated heterocycles. The van der Waals surface area contributed by atoms with Gasteiger partial charge in [-0.1, -0.05) is 12.1 Å². The van der Waals surface area contributed by atoms with Gasteiger partial charge < -0.3 is 4.74 Å². The molecule has 1 atom stereocenters. The minimum absolute atomic E-state index is 0.226. The predicted molar refractivity (Wildman–Crippen MR) is 54.4 cm³/mol. The molecule has 1 aromatic rings. The summed E-state index contributed by atoms with van der Waals surface area (Å²) >= 11 is 0. The van der Waals surface area contributed by atoms with Crippen LogP contribution < -0.4 is 10.2 Å². The van der Waals surface area contributed by atoms with Crippen molar-refractivity contribution in [1.82, 2.24) is 5.48 Å². The first-order valence-corrected chi connectivity index (χ1v) is 4.83. The number of aryl methyl sites for hydroxylation is 1. The van der Waals surface area contributed by atoms with Gasteiger partial charge in [-0.25, -0.2) is 5.48 Å². The van der Waals surface area contributed by atoms with Crippen LogP contribution in [0.15, 0.2) is 18.2 Å². The number of carbonyl (C=O) groups is 1. The largest absolute Gasteiger partial charge is 0.478 e. The quantitative estimate of drug-likeness (QED) is 0.790. The summed E-state index contributed by atoms with van der Waals surface area (Å²) in [7, 11) is 0. The molecule has 0 aliphatic carbocycles. The highest BCUT2D eigenvalue weighted by molar-refractivity contribution is 5.81. The normalized spacial score (nSPS) is 20.1. The fourth-order valence-electron chi connectivity index (χ4n) is 1.42. The molecule has 4 nitrogen and oxygen atoms in total. The van der Waals surface area contributed by atoms with E-state index in [1.807, 2.05) is 32.0 Å². The van der Waals surface area contributed by atoms with Crippen molar-refractivity contribution in [3.63, 3.8) is 0 Å². The zero-order valence-corrected chi connectivity index (χ0v) is 8.74. The van der Waals surface area contributed by atoms with Crippen molar-refractivity contribution >= 4 is 5.91 Å². The number of carbonyl (C=O) groups excluding carboxylic acids is 1. The van der Waals surface area contributed by atoms with Crippen LogP contribution >= 0.6 is 0 Å². The number of nitrogens with one attached hydrogen (secondary N) is 1. The first kappa shape index (κ1) is 9.98. The molecule has 1 unspecified atom stereocenters. The molecular weight excluding hydrogens is 194 g/mol. The van der Waals surface area contributed by atoms with Gasteiger partial charge in [-0.2, -0.15) is 0 Å². The Kier molecular flexibility index (Phi) is 2.60. The number of amides is 1. The molecule has 0 radical (unpaired) electrons. The highest BCUT2D eigenvalue weighted by Gasteiger charge is 2.27. The van der Waals surface area contributed by atoms with Gasteiger partial charge in [-0.15, -0.1) is 0 Å². The van der Waals surface area contributed by atoms with Gasteiger partial charge in [0, 0.05) is 0 Å². The van der Waals surface area contributed by atoms with Crippen LogP contribution in [0.4, 0.5) is 0 Å². The molecule has 1 fully saturated rings. The van der Waals surface area contributed by atoms with E-state index < -0.39 is 6.10 Å². The van der Waals surface area contributed by atoms with E-state index >= 15 is 0 Å². The van der Waals surface area contributed by atoms with Crippen LogP contribution in [0.1, 0.15) is 11.1 Å². The number of benzene rings is 1. The molecule has 1 heterocycles. The minimum Gasteiger partial charge on any atom is -0.478 e. The fourth-order valence-corrected chi connectivity index (χ4v) is 1.42. The average Bonchev–Trinajstić information content (AvgIpc) is 2.60. The summed E-state index contributed by atoms with van der Waals surface area (Å²) in [6.45, 7) is 4.23. The Morgan fingerprint density at radius 2 is 2.27 bits per heavy atom. The summed E-state index contributed by atoms with van der Waals surface area (Å²) in [5.74, 6) is 0.511. The maximum Gasteiger partial charge on any atom is 0.287 e. The molecule has 1 aromatic carbocycles. The van der Waals surface area contributed by atoms with Gasteiger partial charge in [0.25, 0.3) is 5.91 Å². The van der Waals surface area contributed by atoms with E-state index in [0.29, 0.717) is 0 Å². The van der Waals surface area contributed by atoms with Crippen LogP contribution in [0.5, 0.6) is 5.75 Å². The maximum absolute atomic E-state index is 11.2. The highest BCUT2D eigenvalue weighted by atomic mass is 16.7. The molecule has 0 aromatic heterocycles. The maximum atomic E-state index is 11.2. The summed E-state index contributed by atoms with van der Waals surface area (Å²) in [5.41, 5.74) is 4.46. The first-order valence-electron chi connectivity index (χ1n) is 4.83. The van der Waals surface area contributed by atoms with Gasteiger partial charge in [-0.05, 0) is 31.0 Å². The van der Waals surface area contributed by atoms with E-state index in [9.17, 15) is 4.79 Å².